The van der Waals surface area contributed by atoms with Gasteiger partial charge in [0.2, 0.25) is 17.7 Å². The SMILES string of the molecule is CC(O)C(NC(=O)CN)C(=O)NC(CO)C(=O)NC(Cc1ccccc1)C(=O)O. The Balaban J connectivity index is 2.81. The number of carbonyl (C=O) groups is 4. The van der Waals surface area contributed by atoms with Crippen LogP contribution in [0.1, 0.15) is 12.5 Å². The molecule has 0 aliphatic heterocycles. The molecule has 0 aliphatic rings. The number of carboxylic acids is 1. The molecule has 4 atom stereocenters. The lowest BCUT2D eigenvalue weighted by molar-refractivity contribution is -0.142. The fraction of sp³-hybridized carbons (Fsp3) is 0.444. The number of rotatable bonds is 11. The molecule has 0 radical (unpaired) electrons. The zero-order valence-electron chi connectivity index (χ0n) is 15.9. The Hall–Kier alpha value is -3.02. The van der Waals surface area contributed by atoms with E-state index in [9.17, 15) is 34.5 Å². The molecular weight excluding hydrogens is 384 g/mol. The van der Waals surface area contributed by atoms with Crippen LogP contribution in [-0.4, -0.2) is 76.4 Å². The minimum Gasteiger partial charge on any atom is -0.480 e. The summed E-state index contributed by atoms with van der Waals surface area (Å²) in [5.41, 5.74) is 5.83. The van der Waals surface area contributed by atoms with Gasteiger partial charge in [0.1, 0.15) is 18.1 Å². The van der Waals surface area contributed by atoms with E-state index >= 15 is 0 Å². The molecule has 0 aliphatic carbocycles. The van der Waals surface area contributed by atoms with Crippen molar-refractivity contribution >= 4 is 23.7 Å². The van der Waals surface area contributed by atoms with Crippen LogP contribution in [0, 0.1) is 0 Å². The molecule has 0 fully saturated rings. The van der Waals surface area contributed by atoms with Crippen molar-refractivity contribution in [3.05, 3.63) is 35.9 Å². The highest BCUT2D eigenvalue weighted by atomic mass is 16.4. The van der Waals surface area contributed by atoms with Gasteiger partial charge in [0.25, 0.3) is 0 Å². The molecular formula is C18H26N4O7. The lowest BCUT2D eigenvalue weighted by atomic mass is 10.1. The van der Waals surface area contributed by atoms with Crippen molar-refractivity contribution in [2.24, 2.45) is 5.73 Å². The molecule has 160 valence electrons. The fourth-order valence-corrected chi connectivity index (χ4v) is 2.42. The van der Waals surface area contributed by atoms with E-state index in [0.717, 1.165) is 0 Å². The second-order valence-electron chi connectivity index (χ2n) is 6.32. The molecule has 0 heterocycles. The first-order chi connectivity index (χ1) is 13.7. The normalized spacial score (nSPS) is 14.8. The maximum atomic E-state index is 12.4. The Labute approximate surface area is 167 Å². The second kappa shape index (κ2) is 11.7. The molecule has 0 saturated heterocycles. The second-order valence-corrected chi connectivity index (χ2v) is 6.32. The van der Waals surface area contributed by atoms with Gasteiger partial charge in [-0.05, 0) is 12.5 Å². The number of aliphatic hydroxyl groups is 2. The van der Waals surface area contributed by atoms with Crippen LogP contribution in [0.2, 0.25) is 0 Å². The standard InChI is InChI=1S/C18H26N4O7/c1-10(24)15(22-14(25)8-19)17(27)21-13(9-23)16(26)20-12(18(28)29)7-11-5-3-2-4-6-11/h2-6,10,12-13,15,23-24H,7-9,19H2,1H3,(H,20,26)(H,21,27)(H,22,25)(H,28,29). The summed E-state index contributed by atoms with van der Waals surface area (Å²) >= 11 is 0. The van der Waals surface area contributed by atoms with Gasteiger partial charge >= 0.3 is 5.97 Å². The number of carbonyl (C=O) groups excluding carboxylic acids is 3. The molecule has 8 N–H and O–H groups in total. The molecule has 0 spiro atoms. The minimum absolute atomic E-state index is 0.00311. The summed E-state index contributed by atoms with van der Waals surface area (Å²) in [6.07, 6.45) is -1.31. The quantitative estimate of drug-likeness (QED) is 0.202. The number of amides is 3. The maximum absolute atomic E-state index is 12.4. The van der Waals surface area contributed by atoms with Crippen molar-refractivity contribution in [1.82, 2.24) is 16.0 Å². The summed E-state index contributed by atoms with van der Waals surface area (Å²) in [5, 5.41) is 35.1. The van der Waals surface area contributed by atoms with Crippen LogP contribution in [-0.2, 0) is 25.6 Å². The molecule has 0 bridgehead atoms. The summed E-state index contributed by atoms with van der Waals surface area (Å²) < 4.78 is 0. The molecule has 11 nitrogen and oxygen atoms in total. The molecule has 4 unspecified atom stereocenters. The minimum atomic E-state index is -1.49. The maximum Gasteiger partial charge on any atom is 0.326 e. The van der Waals surface area contributed by atoms with E-state index in [-0.39, 0.29) is 6.42 Å². The van der Waals surface area contributed by atoms with Crippen LogP contribution < -0.4 is 21.7 Å². The number of aliphatic carboxylic acids is 1. The van der Waals surface area contributed by atoms with Crippen molar-refractivity contribution in [2.75, 3.05) is 13.2 Å². The van der Waals surface area contributed by atoms with E-state index in [1.165, 1.54) is 6.92 Å². The Morgan fingerprint density at radius 3 is 2.07 bits per heavy atom. The molecule has 29 heavy (non-hydrogen) atoms. The van der Waals surface area contributed by atoms with Crippen LogP contribution in [0.5, 0.6) is 0 Å². The van der Waals surface area contributed by atoms with E-state index in [4.69, 9.17) is 5.73 Å². The van der Waals surface area contributed by atoms with Gasteiger partial charge in [0, 0.05) is 6.42 Å². The van der Waals surface area contributed by atoms with Gasteiger partial charge in [-0.3, -0.25) is 14.4 Å². The molecule has 1 aromatic rings. The topological polar surface area (TPSA) is 191 Å². The largest absolute Gasteiger partial charge is 0.480 e. The third kappa shape index (κ3) is 7.86. The zero-order chi connectivity index (χ0) is 22.0. The molecule has 11 heteroatoms. The van der Waals surface area contributed by atoms with E-state index in [2.05, 4.69) is 16.0 Å². The van der Waals surface area contributed by atoms with Crippen molar-refractivity contribution in [3.63, 3.8) is 0 Å². The van der Waals surface area contributed by atoms with Crippen LogP contribution in [0.15, 0.2) is 30.3 Å². The number of nitrogens with two attached hydrogens (primary N) is 1. The Morgan fingerprint density at radius 1 is 1.00 bits per heavy atom. The summed E-state index contributed by atoms with van der Waals surface area (Å²) in [6.45, 7) is 0.00218. The van der Waals surface area contributed by atoms with E-state index < -0.39 is 61.1 Å². The van der Waals surface area contributed by atoms with Gasteiger partial charge in [0.05, 0.1) is 19.3 Å². The van der Waals surface area contributed by atoms with Crippen LogP contribution >= 0.6 is 0 Å². The number of nitrogens with one attached hydrogen (secondary N) is 3. The van der Waals surface area contributed by atoms with Crippen molar-refractivity contribution in [2.45, 2.75) is 37.6 Å². The van der Waals surface area contributed by atoms with Gasteiger partial charge in [-0.15, -0.1) is 0 Å². The smallest absolute Gasteiger partial charge is 0.326 e. The van der Waals surface area contributed by atoms with Crippen molar-refractivity contribution in [3.8, 4) is 0 Å². The molecule has 0 aromatic heterocycles. The average molecular weight is 410 g/mol. The fourth-order valence-electron chi connectivity index (χ4n) is 2.42. The molecule has 1 aromatic carbocycles. The Bertz CT molecular complexity index is 711. The van der Waals surface area contributed by atoms with Crippen LogP contribution in [0.4, 0.5) is 0 Å². The van der Waals surface area contributed by atoms with Crippen LogP contribution in [0.3, 0.4) is 0 Å². The van der Waals surface area contributed by atoms with E-state index in [1.807, 2.05) is 0 Å². The predicted molar refractivity (Wildman–Crippen MR) is 101 cm³/mol. The van der Waals surface area contributed by atoms with Crippen molar-refractivity contribution in [1.29, 1.82) is 0 Å². The summed E-state index contributed by atoms with van der Waals surface area (Å²) in [4.78, 5) is 47.5. The molecule has 0 saturated carbocycles. The monoisotopic (exact) mass is 410 g/mol. The molecule has 3 amide bonds. The number of aliphatic hydroxyl groups excluding tert-OH is 2. The third-order valence-electron chi connectivity index (χ3n) is 3.98. The highest BCUT2D eigenvalue weighted by Crippen LogP contribution is 2.04. The van der Waals surface area contributed by atoms with Gasteiger partial charge in [-0.25, -0.2) is 4.79 Å². The number of hydrogen-bond acceptors (Lipinski definition) is 7. The highest BCUT2D eigenvalue weighted by molar-refractivity contribution is 5.94. The van der Waals surface area contributed by atoms with Crippen LogP contribution in [0.25, 0.3) is 0 Å². The van der Waals surface area contributed by atoms with Gasteiger partial charge in [-0.2, -0.15) is 0 Å². The number of carboxylic acid groups (broad SMARTS) is 1. The molecule has 1 rings (SSSR count). The Kier molecular flexibility index (Phi) is 9.72. The number of hydrogen-bond donors (Lipinski definition) is 7. The van der Waals surface area contributed by atoms with E-state index in [1.54, 1.807) is 30.3 Å². The zero-order valence-corrected chi connectivity index (χ0v) is 15.9. The first-order valence-electron chi connectivity index (χ1n) is 8.85. The van der Waals surface area contributed by atoms with Gasteiger partial charge < -0.3 is 37.0 Å². The third-order valence-corrected chi connectivity index (χ3v) is 3.98. The van der Waals surface area contributed by atoms with Gasteiger partial charge in [0.15, 0.2) is 0 Å². The summed E-state index contributed by atoms with van der Waals surface area (Å²) in [7, 11) is 0. The van der Waals surface area contributed by atoms with E-state index in [0.29, 0.717) is 5.56 Å². The lowest BCUT2D eigenvalue weighted by Gasteiger charge is -2.24. The summed E-state index contributed by atoms with van der Waals surface area (Å²) in [5.74, 6) is -3.86. The predicted octanol–water partition coefficient (Wildman–Crippen LogP) is -2.90. The first kappa shape index (κ1) is 24.0. The lowest BCUT2D eigenvalue weighted by Crippen LogP contribution is -2.59. The summed E-state index contributed by atoms with van der Waals surface area (Å²) in [6, 6.07) is 4.40. The average Bonchev–Trinajstić information content (AvgIpc) is 2.69. The Morgan fingerprint density at radius 2 is 1.59 bits per heavy atom. The van der Waals surface area contributed by atoms with Crippen molar-refractivity contribution < 1.29 is 34.5 Å². The number of benzene rings is 1. The van der Waals surface area contributed by atoms with Gasteiger partial charge in [-0.1, -0.05) is 30.3 Å². The first-order valence-corrected chi connectivity index (χ1v) is 8.85. The highest BCUT2D eigenvalue weighted by Gasteiger charge is 2.31.